The molecule has 154 valence electrons. The molecule has 1 aliphatic rings. The first-order valence-corrected chi connectivity index (χ1v) is 10.8. The lowest BCUT2D eigenvalue weighted by atomic mass is 9.85. The lowest BCUT2D eigenvalue weighted by Crippen LogP contribution is -2.48. The molecular formula is C18H28Cl2N2O4S. The summed E-state index contributed by atoms with van der Waals surface area (Å²) in [5.41, 5.74) is 0.558. The van der Waals surface area contributed by atoms with Crippen molar-refractivity contribution in [2.45, 2.75) is 50.6 Å². The Kier molecular flexibility index (Phi) is 8.10. The van der Waals surface area contributed by atoms with Crippen molar-refractivity contribution >= 4 is 34.6 Å². The van der Waals surface area contributed by atoms with Crippen LogP contribution < -0.4 is 4.72 Å². The highest BCUT2D eigenvalue weighted by atomic mass is 35.5. The van der Waals surface area contributed by atoms with E-state index in [0.717, 1.165) is 0 Å². The SMILES string of the molecule is CC(C)(C)[S+]([O-])NC(c1cc(Cl)c(Cl)cc1O)C1CCN(C(O)CO)CC1. The van der Waals surface area contributed by atoms with Crippen molar-refractivity contribution in [3.05, 3.63) is 27.7 Å². The van der Waals surface area contributed by atoms with Gasteiger partial charge in [0.2, 0.25) is 0 Å². The largest absolute Gasteiger partial charge is 0.598 e. The highest BCUT2D eigenvalue weighted by Gasteiger charge is 2.37. The van der Waals surface area contributed by atoms with E-state index in [0.29, 0.717) is 36.5 Å². The van der Waals surface area contributed by atoms with Gasteiger partial charge in [0, 0.05) is 36.1 Å². The molecular weight excluding hydrogens is 411 g/mol. The van der Waals surface area contributed by atoms with Gasteiger partial charge in [-0.3, -0.25) is 4.90 Å². The van der Waals surface area contributed by atoms with Crippen molar-refractivity contribution in [3.8, 4) is 5.75 Å². The molecule has 9 heteroatoms. The van der Waals surface area contributed by atoms with Gasteiger partial charge in [0.1, 0.15) is 16.7 Å². The van der Waals surface area contributed by atoms with Gasteiger partial charge in [0.25, 0.3) is 0 Å². The number of hydrogen-bond acceptors (Lipinski definition) is 6. The number of piperidine rings is 1. The highest BCUT2D eigenvalue weighted by Crippen LogP contribution is 2.40. The van der Waals surface area contributed by atoms with Crippen LogP contribution in [0.1, 0.15) is 45.2 Å². The molecule has 6 nitrogen and oxygen atoms in total. The van der Waals surface area contributed by atoms with Crippen molar-refractivity contribution in [1.82, 2.24) is 9.62 Å². The van der Waals surface area contributed by atoms with E-state index < -0.39 is 22.3 Å². The summed E-state index contributed by atoms with van der Waals surface area (Å²) in [6.45, 7) is 6.50. The van der Waals surface area contributed by atoms with Gasteiger partial charge < -0.3 is 19.9 Å². The number of hydrogen-bond donors (Lipinski definition) is 4. The van der Waals surface area contributed by atoms with Crippen LogP contribution in [0.15, 0.2) is 12.1 Å². The Morgan fingerprint density at radius 1 is 1.26 bits per heavy atom. The zero-order valence-corrected chi connectivity index (χ0v) is 18.1. The maximum Gasteiger partial charge on any atom is 0.136 e. The van der Waals surface area contributed by atoms with Crippen LogP contribution in [-0.4, -0.2) is 55.4 Å². The number of aliphatic hydroxyl groups excluding tert-OH is 2. The van der Waals surface area contributed by atoms with Crippen LogP contribution in [0.3, 0.4) is 0 Å². The molecule has 1 aromatic rings. The Morgan fingerprint density at radius 2 is 1.81 bits per heavy atom. The first kappa shape index (κ1) is 23.0. The third-order valence-corrected chi connectivity index (χ3v) is 7.13. The minimum Gasteiger partial charge on any atom is -0.598 e. The molecule has 0 spiro atoms. The summed E-state index contributed by atoms with van der Waals surface area (Å²) < 4.78 is 15.4. The van der Waals surface area contributed by atoms with Gasteiger partial charge in [0.05, 0.1) is 22.7 Å². The van der Waals surface area contributed by atoms with Crippen LogP contribution in [0.25, 0.3) is 0 Å². The molecule has 1 heterocycles. The molecule has 1 aliphatic heterocycles. The molecule has 0 bridgehead atoms. The maximum absolute atomic E-state index is 12.7. The van der Waals surface area contributed by atoms with Gasteiger partial charge in [0.15, 0.2) is 0 Å². The molecule has 0 saturated carbocycles. The van der Waals surface area contributed by atoms with Crippen LogP contribution in [0, 0.1) is 5.92 Å². The Labute approximate surface area is 173 Å². The number of nitrogens with one attached hydrogen (secondary N) is 1. The Bertz CT molecular complexity index is 637. The van der Waals surface area contributed by atoms with Crippen molar-refractivity contribution < 1.29 is 19.9 Å². The van der Waals surface area contributed by atoms with E-state index in [4.69, 9.17) is 28.3 Å². The average molecular weight is 439 g/mol. The molecule has 0 aromatic heterocycles. The minimum absolute atomic E-state index is 0.00521. The Hall–Kier alpha value is -0.250. The van der Waals surface area contributed by atoms with E-state index in [9.17, 15) is 14.8 Å². The van der Waals surface area contributed by atoms with E-state index in [-0.39, 0.29) is 29.3 Å². The van der Waals surface area contributed by atoms with Crippen molar-refractivity contribution in [3.63, 3.8) is 0 Å². The minimum atomic E-state index is -1.35. The lowest BCUT2D eigenvalue weighted by molar-refractivity contribution is -0.0514. The smallest absolute Gasteiger partial charge is 0.136 e. The third kappa shape index (κ3) is 5.87. The quantitative estimate of drug-likeness (QED) is 0.509. The number of halogens is 2. The van der Waals surface area contributed by atoms with Crippen molar-refractivity contribution in [2.24, 2.45) is 5.92 Å². The maximum atomic E-state index is 12.7. The molecule has 4 N–H and O–H groups in total. The number of rotatable bonds is 6. The fourth-order valence-corrected chi connectivity index (χ4v) is 4.41. The second-order valence-electron chi connectivity index (χ2n) is 7.84. The Morgan fingerprint density at radius 3 is 2.33 bits per heavy atom. The molecule has 2 rings (SSSR count). The number of nitrogens with zero attached hydrogens (tertiary/aromatic N) is 1. The van der Waals surface area contributed by atoms with Crippen LogP contribution in [0.5, 0.6) is 5.75 Å². The molecule has 0 radical (unpaired) electrons. The van der Waals surface area contributed by atoms with E-state index >= 15 is 0 Å². The number of likely N-dealkylation sites (tertiary alicyclic amines) is 1. The van der Waals surface area contributed by atoms with Crippen molar-refractivity contribution in [1.29, 1.82) is 0 Å². The van der Waals surface area contributed by atoms with Crippen LogP contribution in [0.2, 0.25) is 10.0 Å². The van der Waals surface area contributed by atoms with E-state index in [1.165, 1.54) is 6.07 Å². The summed E-state index contributed by atoms with van der Waals surface area (Å²) >= 11 is 10.8. The van der Waals surface area contributed by atoms with Crippen LogP contribution in [-0.2, 0) is 11.4 Å². The summed E-state index contributed by atoms with van der Waals surface area (Å²) in [5, 5.41) is 30.0. The number of benzene rings is 1. The van der Waals surface area contributed by atoms with Crippen LogP contribution in [0.4, 0.5) is 0 Å². The number of phenols is 1. The van der Waals surface area contributed by atoms with Gasteiger partial charge in [-0.2, -0.15) is 0 Å². The molecule has 1 aromatic carbocycles. The number of aromatic hydroxyl groups is 1. The summed E-state index contributed by atoms with van der Waals surface area (Å²) in [5.74, 6) is 0.0761. The molecule has 27 heavy (non-hydrogen) atoms. The van der Waals surface area contributed by atoms with Gasteiger partial charge in [-0.1, -0.05) is 23.2 Å². The highest BCUT2D eigenvalue weighted by molar-refractivity contribution is 7.90. The topological polar surface area (TPSA) is 99.0 Å². The van der Waals surface area contributed by atoms with E-state index in [1.807, 2.05) is 25.7 Å². The monoisotopic (exact) mass is 438 g/mol. The molecule has 1 fully saturated rings. The number of phenolic OH excluding ortho intramolecular Hbond substituents is 1. The molecule has 0 amide bonds. The predicted octanol–water partition coefficient (Wildman–Crippen LogP) is 2.81. The summed E-state index contributed by atoms with van der Waals surface area (Å²) in [4.78, 5) is 1.81. The van der Waals surface area contributed by atoms with Crippen LogP contribution >= 0.6 is 23.2 Å². The average Bonchev–Trinajstić information content (AvgIpc) is 2.61. The standard InChI is InChI=1S/C18H28Cl2N2O4S/c1-18(2,3)27(26)21-17(12-8-13(19)14(20)9-15(12)24)11-4-6-22(7-5-11)16(25)10-23/h8-9,11,16-17,21,23-25H,4-7,10H2,1-3H3. The van der Waals surface area contributed by atoms with E-state index in [2.05, 4.69) is 4.72 Å². The molecule has 3 unspecified atom stereocenters. The predicted molar refractivity (Wildman–Crippen MR) is 109 cm³/mol. The van der Waals surface area contributed by atoms with Gasteiger partial charge in [-0.05, 0) is 45.6 Å². The molecule has 0 aliphatic carbocycles. The fraction of sp³-hybridized carbons (Fsp3) is 0.667. The van der Waals surface area contributed by atoms with Gasteiger partial charge in [-0.25, -0.2) is 0 Å². The van der Waals surface area contributed by atoms with Gasteiger partial charge in [-0.15, -0.1) is 4.72 Å². The summed E-state index contributed by atoms with van der Waals surface area (Å²) in [7, 11) is 0. The first-order chi connectivity index (χ1) is 12.5. The molecule has 1 saturated heterocycles. The van der Waals surface area contributed by atoms with Gasteiger partial charge >= 0.3 is 0 Å². The molecule has 3 atom stereocenters. The number of aliphatic hydroxyl groups is 2. The zero-order valence-electron chi connectivity index (χ0n) is 15.8. The van der Waals surface area contributed by atoms with E-state index in [1.54, 1.807) is 6.07 Å². The summed E-state index contributed by atoms with van der Waals surface area (Å²) in [6.07, 6.45) is 0.533. The van der Waals surface area contributed by atoms with Crippen molar-refractivity contribution in [2.75, 3.05) is 19.7 Å². The normalized spacial score (nSPS) is 20.4. The fourth-order valence-electron chi connectivity index (χ4n) is 3.17. The zero-order chi connectivity index (χ0) is 20.4. The first-order valence-electron chi connectivity index (χ1n) is 8.93. The second kappa shape index (κ2) is 9.50. The summed E-state index contributed by atoms with van der Waals surface area (Å²) in [6, 6.07) is 2.64. The Balaban J connectivity index is 2.27. The lowest BCUT2D eigenvalue weighted by Gasteiger charge is -2.39. The third-order valence-electron chi connectivity index (χ3n) is 4.83. The second-order valence-corrected chi connectivity index (χ2v) is 10.7.